The van der Waals surface area contributed by atoms with Crippen molar-refractivity contribution in [1.82, 2.24) is 20.1 Å². The zero-order valence-corrected chi connectivity index (χ0v) is 19.3. The minimum Gasteiger partial charge on any atom is -0.353 e. The predicted molar refractivity (Wildman–Crippen MR) is 126 cm³/mol. The molecular weight excluding hydrogens is 402 g/mol. The molecule has 1 fully saturated rings. The van der Waals surface area contributed by atoms with E-state index in [9.17, 15) is 9.59 Å². The summed E-state index contributed by atoms with van der Waals surface area (Å²) in [4.78, 5) is 31.5. The maximum Gasteiger partial charge on any atom is 0.228 e. The number of aromatic amines is 2. The number of carbonyl (C=O) groups excluding carboxylic acids is 2. The number of likely N-dealkylation sites (tertiary alicyclic amines) is 1. The van der Waals surface area contributed by atoms with E-state index in [1.165, 1.54) is 11.3 Å². The van der Waals surface area contributed by atoms with E-state index < -0.39 is 0 Å². The number of amides is 2. The lowest BCUT2D eigenvalue weighted by Crippen LogP contribution is -2.35. The predicted octanol–water partition coefficient (Wildman–Crippen LogP) is 4.05. The molecule has 2 aliphatic rings. The molecule has 5 rings (SSSR count). The third kappa shape index (κ3) is 3.59. The average molecular weight is 434 g/mol. The second-order valence-electron chi connectivity index (χ2n) is 10.2. The molecule has 1 aromatic carbocycles. The van der Waals surface area contributed by atoms with Gasteiger partial charge in [-0.3, -0.25) is 14.7 Å². The van der Waals surface area contributed by atoms with E-state index in [1.54, 1.807) is 23.9 Å². The first kappa shape index (κ1) is 20.8. The third-order valence-electron chi connectivity index (χ3n) is 7.33. The normalized spacial score (nSPS) is 20.1. The van der Waals surface area contributed by atoms with Crippen LogP contribution >= 0.6 is 0 Å². The van der Waals surface area contributed by atoms with E-state index in [2.05, 4.69) is 35.1 Å². The van der Waals surface area contributed by atoms with Crippen molar-refractivity contribution in [3.63, 3.8) is 0 Å². The van der Waals surface area contributed by atoms with Gasteiger partial charge in [-0.2, -0.15) is 5.10 Å². The van der Waals surface area contributed by atoms with Gasteiger partial charge in [-0.1, -0.05) is 19.9 Å². The fraction of sp³-hybridized carbons (Fsp3) is 0.480. The van der Waals surface area contributed by atoms with Crippen LogP contribution in [0, 0.1) is 5.41 Å². The van der Waals surface area contributed by atoms with Crippen molar-refractivity contribution < 1.29 is 9.59 Å². The molecule has 0 spiro atoms. The molecular formula is C25H31N5O2. The number of anilines is 1. The van der Waals surface area contributed by atoms with E-state index in [4.69, 9.17) is 0 Å². The van der Waals surface area contributed by atoms with E-state index >= 15 is 0 Å². The van der Waals surface area contributed by atoms with Gasteiger partial charge in [-0.25, -0.2) is 0 Å². The van der Waals surface area contributed by atoms with Crippen molar-refractivity contribution in [1.29, 1.82) is 0 Å². The van der Waals surface area contributed by atoms with Gasteiger partial charge >= 0.3 is 0 Å². The number of hydrogen-bond donors (Lipinski definition) is 2. The maximum absolute atomic E-state index is 12.9. The Morgan fingerprint density at radius 1 is 1.28 bits per heavy atom. The number of carbonyl (C=O) groups is 2. The first-order chi connectivity index (χ1) is 15.2. The Bertz CT molecular complexity index is 1200. The van der Waals surface area contributed by atoms with Gasteiger partial charge in [0.2, 0.25) is 11.8 Å². The van der Waals surface area contributed by atoms with Crippen molar-refractivity contribution in [2.24, 2.45) is 5.41 Å². The molecule has 168 valence electrons. The Labute approximate surface area is 188 Å². The highest BCUT2D eigenvalue weighted by atomic mass is 16.2. The standard InChI is InChI=1S/C25H31N5O2/c1-25(2)10-9-18-21(14-25)27-28-24(18)20-11-15-5-6-16(12-19(15)26-20)30(4)23(32)13-17-7-8-22(31)29(17)3/h5-6,11-12,17,26H,7-10,13-14H2,1-4H3,(H,27,28). The average Bonchev–Trinajstić information content (AvgIpc) is 3.44. The first-order valence-corrected chi connectivity index (χ1v) is 11.4. The van der Waals surface area contributed by atoms with E-state index in [0.717, 1.165) is 53.7 Å². The quantitative estimate of drug-likeness (QED) is 0.651. The van der Waals surface area contributed by atoms with Gasteiger partial charge in [-0.05, 0) is 49.3 Å². The smallest absolute Gasteiger partial charge is 0.228 e. The number of nitrogens with zero attached hydrogens (tertiary/aromatic N) is 3. The minimum atomic E-state index is -0.00547. The lowest BCUT2D eigenvalue weighted by atomic mass is 9.76. The molecule has 1 unspecified atom stereocenters. The van der Waals surface area contributed by atoms with Gasteiger partial charge in [-0.15, -0.1) is 0 Å². The summed E-state index contributed by atoms with van der Waals surface area (Å²) in [6.07, 6.45) is 4.84. The summed E-state index contributed by atoms with van der Waals surface area (Å²) in [5.74, 6) is 0.140. The Morgan fingerprint density at radius 2 is 2.09 bits per heavy atom. The Kier molecular flexibility index (Phi) is 4.87. The molecule has 1 aliphatic carbocycles. The summed E-state index contributed by atoms with van der Waals surface area (Å²) in [6, 6.07) is 8.17. The second-order valence-corrected chi connectivity index (χ2v) is 10.2. The Hall–Kier alpha value is -3.09. The van der Waals surface area contributed by atoms with Crippen molar-refractivity contribution in [2.45, 2.75) is 58.4 Å². The Morgan fingerprint density at radius 3 is 2.84 bits per heavy atom. The summed E-state index contributed by atoms with van der Waals surface area (Å²) in [6.45, 7) is 4.61. The van der Waals surface area contributed by atoms with Gasteiger partial charge in [0.1, 0.15) is 5.69 Å². The highest BCUT2D eigenvalue weighted by Crippen LogP contribution is 2.38. The van der Waals surface area contributed by atoms with E-state index in [-0.39, 0.29) is 17.9 Å². The zero-order chi connectivity index (χ0) is 22.6. The monoisotopic (exact) mass is 433 g/mol. The number of benzene rings is 1. The van der Waals surface area contributed by atoms with Crippen LogP contribution in [0.4, 0.5) is 5.69 Å². The number of aromatic nitrogens is 3. The van der Waals surface area contributed by atoms with Crippen molar-refractivity contribution in [2.75, 3.05) is 19.0 Å². The highest BCUT2D eigenvalue weighted by Gasteiger charge is 2.31. The molecule has 2 aromatic heterocycles. The fourth-order valence-corrected chi connectivity index (χ4v) is 5.11. The van der Waals surface area contributed by atoms with Gasteiger partial charge < -0.3 is 14.8 Å². The number of nitrogens with one attached hydrogen (secondary N) is 2. The summed E-state index contributed by atoms with van der Waals surface area (Å²) >= 11 is 0. The number of hydrogen-bond acceptors (Lipinski definition) is 3. The van der Waals surface area contributed by atoms with Crippen LogP contribution in [-0.4, -0.2) is 52.0 Å². The summed E-state index contributed by atoms with van der Waals surface area (Å²) in [5.41, 5.74) is 6.71. The molecule has 3 aromatic rings. The molecule has 0 radical (unpaired) electrons. The van der Waals surface area contributed by atoms with Crippen LogP contribution in [0.15, 0.2) is 24.3 Å². The maximum atomic E-state index is 12.9. The molecule has 1 atom stereocenters. The van der Waals surface area contributed by atoms with Crippen LogP contribution in [0.1, 0.15) is 50.8 Å². The topological polar surface area (TPSA) is 85.1 Å². The zero-order valence-electron chi connectivity index (χ0n) is 19.3. The van der Waals surface area contributed by atoms with Gasteiger partial charge in [0, 0.05) is 60.8 Å². The Balaban J connectivity index is 1.37. The largest absolute Gasteiger partial charge is 0.353 e. The summed E-state index contributed by atoms with van der Waals surface area (Å²) < 4.78 is 0. The van der Waals surface area contributed by atoms with Crippen LogP contribution in [0.3, 0.4) is 0 Å². The molecule has 0 saturated carbocycles. The number of fused-ring (bicyclic) bond motifs is 2. The van der Waals surface area contributed by atoms with Gasteiger partial charge in [0.05, 0.1) is 5.69 Å². The SMILES string of the molecule is CN(C(=O)CC1CCC(=O)N1C)c1ccc2cc(-c3n[nH]c4c3CCC(C)(C)C4)[nH]c2c1. The molecule has 2 amide bonds. The van der Waals surface area contributed by atoms with Crippen LogP contribution in [-0.2, 0) is 22.4 Å². The minimum absolute atomic E-state index is 0.00547. The lowest BCUT2D eigenvalue weighted by molar-refractivity contribution is -0.128. The van der Waals surface area contributed by atoms with E-state index in [1.807, 2.05) is 18.2 Å². The molecule has 32 heavy (non-hydrogen) atoms. The molecule has 7 nitrogen and oxygen atoms in total. The summed E-state index contributed by atoms with van der Waals surface area (Å²) in [7, 11) is 3.59. The molecule has 3 heterocycles. The van der Waals surface area contributed by atoms with Crippen molar-refractivity contribution in [3.05, 3.63) is 35.5 Å². The van der Waals surface area contributed by atoms with Crippen molar-refractivity contribution in [3.8, 4) is 11.4 Å². The number of H-pyrrole nitrogens is 2. The van der Waals surface area contributed by atoms with Gasteiger partial charge in [0.25, 0.3) is 0 Å². The fourth-order valence-electron chi connectivity index (χ4n) is 5.11. The summed E-state index contributed by atoms with van der Waals surface area (Å²) in [5, 5.41) is 8.99. The van der Waals surface area contributed by atoms with E-state index in [0.29, 0.717) is 18.3 Å². The van der Waals surface area contributed by atoms with Crippen LogP contribution in [0.2, 0.25) is 0 Å². The molecule has 0 bridgehead atoms. The molecule has 2 N–H and O–H groups in total. The number of rotatable bonds is 4. The first-order valence-electron chi connectivity index (χ1n) is 11.4. The highest BCUT2D eigenvalue weighted by molar-refractivity contribution is 5.97. The van der Waals surface area contributed by atoms with Gasteiger partial charge in [0.15, 0.2) is 0 Å². The van der Waals surface area contributed by atoms with Crippen LogP contribution in [0.25, 0.3) is 22.3 Å². The lowest BCUT2D eigenvalue weighted by Gasteiger charge is -2.28. The van der Waals surface area contributed by atoms with Crippen LogP contribution < -0.4 is 4.90 Å². The third-order valence-corrected chi connectivity index (χ3v) is 7.33. The molecule has 1 aliphatic heterocycles. The second kappa shape index (κ2) is 7.50. The molecule has 7 heteroatoms. The van der Waals surface area contributed by atoms with Crippen molar-refractivity contribution >= 4 is 28.4 Å². The van der Waals surface area contributed by atoms with Crippen LogP contribution in [0.5, 0.6) is 0 Å². The molecule has 1 saturated heterocycles.